The minimum absolute atomic E-state index is 0.407. The molecule has 0 aliphatic rings. The lowest BCUT2D eigenvalue weighted by Crippen LogP contribution is -2.03. The molecule has 0 unspecified atom stereocenters. The van der Waals surface area contributed by atoms with Gasteiger partial charge in [0.15, 0.2) is 0 Å². The third kappa shape index (κ3) is 2.31. The lowest BCUT2D eigenvalue weighted by atomic mass is 10.2. The lowest BCUT2D eigenvalue weighted by Gasteiger charge is -1.97. The number of esters is 1. The van der Waals surface area contributed by atoms with Crippen LogP contribution in [0.15, 0.2) is 11.6 Å². The number of carbonyl (C=O) groups excluding carboxylic acids is 1. The van der Waals surface area contributed by atoms with Gasteiger partial charge in [0, 0.05) is 11.6 Å². The lowest BCUT2D eigenvalue weighted by molar-refractivity contribution is -0.136. The highest BCUT2D eigenvalue weighted by Gasteiger charge is 2.04. The van der Waals surface area contributed by atoms with Gasteiger partial charge in [0.05, 0.1) is 13.2 Å². The molecule has 0 aliphatic carbocycles. The van der Waals surface area contributed by atoms with E-state index in [1.807, 2.05) is 0 Å². The Hall–Kier alpha value is -1.30. The van der Waals surface area contributed by atoms with E-state index >= 15 is 0 Å². The van der Waals surface area contributed by atoms with Crippen molar-refractivity contribution in [2.45, 2.75) is 13.3 Å². The van der Waals surface area contributed by atoms with Gasteiger partial charge in [0.2, 0.25) is 0 Å². The van der Waals surface area contributed by atoms with Gasteiger partial charge in [-0.2, -0.15) is 5.26 Å². The molecule has 0 aliphatic heterocycles. The maximum Gasteiger partial charge on any atom is 0.334 e. The number of rotatable bonds is 2. The van der Waals surface area contributed by atoms with Crippen LogP contribution < -0.4 is 0 Å². The summed E-state index contributed by atoms with van der Waals surface area (Å²) in [5, 5.41) is 8.18. The van der Waals surface area contributed by atoms with Crippen molar-refractivity contribution in [3.8, 4) is 6.07 Å². The first-order valence-corrected chi connectivity index (χ1v) is 2.93. The van der Waals surface area contributed by atoms with Gasteiger partial charge in [-0.25, -0.2) is 4.79 Å². The van der Waals surface area contributed by atoms with E-state index in [1.54, 1.807) is 13.0 Å². The summed E-state index contributed by atoms with van der Waals surface area (Å²) in [5.41, 5.74) is 0.407. The van der Waals surface area contributed by atoms with Crippen molar-refractivity contribution in [3.63, 3.8) is 0 Å². The Kier molecular flexibility index (Phi) is 3.97. The van der Waals surface area contributed by atoms with Crippen LogP contribution in [0.25, 0.3) is 0 Å². The van der Waals surface area contributed by atoms with E-state index in [0.717, 1.165) is 0 Å². The van der Waals surface area contributed by atoms with E-state index in [1.165, 1.54) is 13.2 Å². The first-order valence-electron chi connectivity index (χ1n) is 2.93. The van der Waals surface area contributed by atoms with Gasteiger partial charge < -0.3 is 4.74 Å². The van der Waals surface area contributed by atoms with Crippen molar-refractivity contribution >= 4 is 5.97 Å². The fourth-order valence-corrected chi connectivity index (χ4v) is 0.514. The zero-order valence-corrected chi connectivity index (χ0v) is 6.05. The van der Waals surface area contributed by atoms with E-state index in [-0.39, 0.29) is 0 Å². The molecule has 3 heteroatoms. The molecule has 0 fully saturated rings. The molecule has 0 spiro atoms. The zero-order valence-electron chi connectivity index (χ0n) is 6.05. The van der Waals surface area contributed by atoms with Gasteiger partial charge in [-0.05, 0) is 6.42 Å². The Morgan fingerprint density at radius 1 is 1.80 bits per heavy atom. The molecule has 0 aromatic rings. The highest BCUT2D eigenvalue weighted by molar-refractivity contribution is 5.88. The molecule has 0 radical (unpaired) electrons. The first-order chi connectivity index (χ1) is 4.76. The number of methoxy groups -OCH3 is 1. The van der Waals surface area contributed by atoms with E-state index in [4.69, 9.17) is 5.26 Å². The average Bonchev–Trinajstić information content (AvgIpc) is 1.99. The molecule has 0 rings (SSSR count). The van der Waals surface area contributed by atoms with E-state index in [9.17, 15) is 4.79 Å². The summed E-state index contributed by atoms with van der Waals surface area (Å²) in [6.45, 7) is 1.79. The predicted molar refractivity (Wildman–Crippen MR) is 36.0 cm³/mol. The largest absolute Gasteiger partial charge is 0.466 e. The second-order valence-corrected chi connectivity index (χ2v) is 1.64. The van der Waals surface area contributed by atoms with Crippen LogP contribution in [0.3, 0.4) is 0 Å². The monoisotopic (exact) mass is 139 g/mol. The summed E-state index contributed by atoms with van der Waals surface area (Å²) in [7, 11) is 1.29. The van der Waals surface area contributed by atoms with Crippen molar-refractivity contribution in [2.75, 3.05) is 7.11 Å². The summed E-state index contributed by atoms with van der Waals surface area (Å²) in [6.07, 6.45) is 1.73. The quantitative estimate of drug-likeness (QED) is 0.326. The smallest absolute Gasteiger partial charge is 0.334 e. The number of hydrogen-bond acceptors (Lipinski definition) is 3. The number of nitriles is 1. The molecule has 0 heterocycles. The molecular weight excluding hydrogens is 130 g/mol. The first kappa shape index (κ1) is 8.70. The number of carbonyl (C=O) groups is 1. The molecule has 3 nitrogen and oxygen atoms in total. The van der Waals surface area contributed by atoms with E-state index < -0.39 is 5.97 Å². The summed E-state index contributed by atoms with van der Waals surface area (Å²) in [6, 6.07) is 1.77. The van der Waals surface area contributed by atoms with Gasteiger partial charge in [-0.3, -0.25) is 0 Å². The third-order valence-corrected chi connectivity index (χ3v) is 1.07. The standard InChI is InChI=1S/C7H9NO2/c1-3-6(4-5-8)7(9)10-2/h4H,3H2,1-2H3/b6-4+. The highest BCUT2D eigenvalue weighted by Crippen LogP contribution is 2.00. The summed E-state index contributed by atoms with van der Waals surface area (Å²) in [5.74, 6) is -0.427. The number of ether oxygens (including phenoxy) is 1. The van der Waals surface area contributed by atoms with Gasteiger partial charge in [0.1, 0.15) is 0 Å². The van der Waals surface area contributed by atoms with Gasteiger partial charge in [-0.15, -0.1) is 0 Å². The summed E-state index contributed by atoms with van der Waals surface area (Å²) >= 11 is 0. The average molecular weight is 139 g/mol. The van der Waals surface area contributed by atoms with Crippen LogP contribution in [0.5, 0.6) is 0 Å². The molecule has 0 atom stereocenters. The van der Waals surface area contributed by atoms with E-state index in [2.05, 4.69) is 4.74 Å². The molecule has 0 aromatic carbocycles. The Morgan fingerprint density at radius 3 is 2.70 bits per heavy atom. The minimum atomic E-state index is -0.427. The second-order valence-electron chi connectivity index (χ2n) is 1.64. The van der Waals surface area contributed by atoms with Crippen molar-refractivity contribution in [2.24, 2.45) is 0 Å². The van der Waals surface area contributed by atoms with Crippen LogP contribution in [-0.4, -0.2) is 13.1 Å². The van der Waals surface area contributed by atoms with Crippen LogP contribution in [-0.2, 0) is 9.53 Å². The maximum atomic E-state index is 10.7. The molecule has 54 valence electrons. The van der Waals surface area contributed by atoms with Gasteiger partial charge in [-0.1, -0.05) is 6.92 Å². The molecule has 10 heavy (non-hydrogen) atoms. The maximum absolute atomic E-state index is 10.7. The van der Waals surface area contributed by atoms with Crippen LogP contribution in [0.1, 0.15) is 13.3 Å². The van der Waals surface area contributed by atoms with Crippen molar-refractivity contribution in [3.05, 3.63) is 11.6 Å². The Morgan fingerprint density at radius 2 is 2.40 bits per heavy atom. The highest BCUT2D eigenvalue weighted by atomic mass is 16.5. The van der Waals surface area contributed by atoms with Gasteiger partial charge in [0.25, 0.3) is 0 Å². The summed E-state index contributed by atoms with van der Waals surface area (Å²) in [4.78, 5) is 10.7. The Bertz CT molecular complexity index is 188. The predicted octanol–water partition coefficient (Wildman–Crippen LogP) is 1.02. The number of allylic oxidation sites excluding steroid dienone is 1. The number of nitrogens with zero attached hydrogens (tertiary/aromatic N) is 1. The van der Waals surface area contributed by atoms with Crippen LogP contribution in [0.2, 0.25) is 0 Å². The van der Waals surface area contributed by atoms with Crippen molar-refractivity contribution in [1.82, 2.24) is 0 Å². The van der Waals surface area contributed by atoms with Gasteiger partial charge >= 0.3 is 5.97 Å². The normalized spacial score (nSPS) is 10.3. The zero-order chi connectivity index (χ0) is 7.98. The molecule has 0 saturated carbocycles. The minimum Gasteiger partial charge on any atom is -0.466 e. The topological polar surface area (TPSA) is 50.1 Å². The fourth-order valence-electron chi connectivity index (χ4n) is 0.514. The van der Waals surface area contributed by atoms with Crippen LogP contribution in [0.4, 0.5) is 0 Å². The second kappa shape index (κ2) is 4.57. The Balaban J connectivity index is 4.24. The molecule has 0 N–H and O–H groups in total. The SMILES string of the molecule is CC/C(=C\C#N)C(=O)OC. The van der Waals surface area contributed by atoms with Crippen molar-refractivity contribution < 1.29 is 9.53 Å². The molecule has 0 aromatic heterocycles. The number of hydrogen-bond donors (Lipinski definition) is 0. The Labute approximate surface area is 59.9 Å². The van der Waals surface area contributed by atoms with E-state index in [0.29, 0.717) is 12.0 Å². The van der Waals surface area contributed by atoms with Crippen LogP contribution >= 0.6 is 0 Å². The van der Waals surface area contributed by atoms with Crippen LogP contribution in [0, 0.1) is 11.3 Å². The molecular formula is C7H9NO2. The summed E-state index contributed by atoms with van der Waals surface area (Å²) < 4.78 is 4.40. The van der Waals surface area contributed by atoms with Crippen molar-refractivity contribution in [1.29, 1.82) is 5.26 Å². The fraction of sp³-hybridized carbons (Fsp3) is 0.429. The third-order valence-electron chi connectivity index (χ3n) is 1.07. The molecule has 0 bridgehead atoms. The molecule has 0 saturated heterocycles. The molecule has 0 amide bonds.